The quantitative estimate of drug-likeness (QED) is 0.221. The Morgan fingerprint density at radius 2 is 1.74 bits per heavy atom. The molecule has 5 amide bonds. The van der Waals surface area contributed by atoms with Crippen LogP contribution < -0.4 is 29.7 Å². The van der Waals surface area contributed by atoms with Gasteiger partial charge in [0.25, 0.3) is 17.7 Å². The van der Waals surface area contributed by atoms with E-state index in [-0.39, 0.29) is 29.5 Å². The van der Waals surface area contributed by atoms with Crippen LogP contribution >= 0.6 is 15.9 Å². The topological polar surface area (TPSA) is 123 Å². The van der Waals surface area contributed by atoms with Crippen LogP contribution in [0.4, 0.5) is 16.2 Å². The fourth-order valence-corrected chi connectivity index (χ4v) is 4.60. The Morgan fingerprint density at radius 3 is 2.45 bits per heavy atom. The number of halogens is 1. The number of benzene rings is 3. The van der Waals surface area contributed by atoms with Gasteiger partial charge >= 0.3 is 6.03 Å². The molecule has 1 heterocycles. The van der Waals surface area contributed by atoms with E-state index in [1.807, 2.05) is 39.0 Å². The van der Waals surface area contributed by atoms with Crippen molar-refractivity contribution in [2.45, 2.75) is 27.2 Å². The number of ether oxygens (including phenoxy) is 3. The summed E-state index contributed by atoms with van der Waals surface area (Å²) in [5.41, 5.74) is 2.89. The molecule has 0 aromatic heterocycles. The molecule has 0 bridgehead atoms. The lowest BCUT2D eigenvalue weighted by Crippen LogP contribution is -2.54. The molecule has 1 saturated heterocycles. The van der Waals surface area contributed by atoms with Crippen LogP contribution in [0.2, 0.25) is 0 Å². The molecule has 1 aliphatic heterocycles. The number of hydrogen-bond acceptors (Lipinski definition) is 7. The number of imide groups is 2. The molecule has 0 atom stereocenters. The van der Waals surface area contributed by atoms with Crippen molar-refractivity contribution in [1.29, 1.82) is 0 Å². The van der Waals surface area contributed by atoms with Crippen LogP contribution in [0.15, 0.2) is 64.6 Å². The van der Waals surface area contributed by atoms with Gasteiger partial charge < -0.3 is 19.5 Å². The summed E-state index contributed by atoms with van der Waals surface area (Å²) >= 11 is 3.39. The summed E-state index contributed by atoms with van der Waals surface area (Å²) in [6.07, 6.45) is 2.10. The van der Waals surface area contributed by atoms with Crippen molar-refractivity contribution in [3.05, 3.63) is 81.3 Å². The summed E-state index contributed by atoms with van der Waals surface area (Å²) in [6.45, 7) is 5.97. The zero-order chi connectivity index (χ0) is 30.4. The maximum absolute atomic E-state index is 13.5. The normalized spacial score (nSPS) is 14.1. The molecule has 10 nitrogen and oxygen atoms in total. The molecule has 42 heavy (non-hydrogen) atoms. The molecular weight excluding hydrogens is 606 g/mol. The van der Waals surface area contributed by atoms with Crippen molar-refractivity contribution in [3.63, 3.8) is 0 Å². The Kier molecular flexibility index (Phi) is 9.64. The van der Waals surface area contributed by atoms with Gasteiger partial charge in [0.05, 0.1) is 19.4 Å². The Labute approximate surface area is 251 Å². The molecule has 0 radical (unpaired) electrons. The highest BCUT2D eigenvalue weighted by atomic mass is 79.9. The molecular formula is C31H30BrN3O7. The minimum atomic E-state index is -0.903. The molecule has 0 spiro atoms. The van der Waals surface area contributed by atoms with E-state index < -0.39 is 17.8 Å². The number of barbiturate groups is 1. The molecule has 0 saturated carbocycles. The van der Waals surface area contributed by atoms with Crippen molar-refractivity contribution in [2.24, 2.45) is 0 Å². The maximum Gasteiger partial charge on any atom is 0.335 e. The Morgan fingerprint density at radius 1 is 0.976 bits per heavy atom. The van der Waals surface area contributed by atoms with Crippen molar-refractivity contribution in [2.75, 3.05) is 30.5 Å². The highest BCUT2D eigenvalue weighted by Gasteiger charge is 2.37. The second-order valence-corrected chi connectivity index (χ2v) is 10.4. The number of amides is 5. The molecule has 0 aliphatic carbocycles. The van der Waals surface area contributed by atoms with Crippen LogP contribution in [-0.2, 0) is 14.4 Å². The summed E-state index contributed by atoms with van der Waals surface area (Å²) < 4.78 is 17.5. The van der Waals surface area contributed by atoms with Gasteiger partial charge in [-0.1, -0.05) is 40.5 Å². The van der Waals surface area contributed by atoms with E-state index in [9.17, 15) is 19.2 Å². The molecule has 4 rings (SSSR count). The molecule has 3 aromatic carbocycles. The number of urea groups is 1. The summed E-state index contributed by atoms with van der Waals surface area (Å²) in [5, 5.41) is 5.02. The number of nitrogens with one attached hydrogen (secondary N) is 2. The van der Waals surface area contributed by atoms with E-state index in [0.717, 1.165) is 22.4 Å². The van der Waals surface area contributed by atoms with Gasteiger partial charge in [0.15, 0.2) is 18.1 Å². The lowest BCUT2D eigenvalue weighted by molar-refractivity contribution is -0.122. The number of carbonyl (C=O) groups excluding carboxylic acids is 4. The summed E-state index contributed by atoms with van der Waals surface area (Å²) in [6, 6.07) is 14.3. The van der Waals surface area contributed by atoms with E-state index in [4.69, 9.17) is 14.2 Å². The third-order valence-corrected chi connectivity index (χ3v) is 6.75. The summed E-state index contributed by atoms with van der Waals surface area (Å²) in [5.74, 6) is -1.05. The van der Waals surface area contributed by atoms with E-state index in [2.05, 4.69) is 26.6 Å². The maximum atomic E-state index is 13.5. The van der Waals surface area contributed by atoms with Crippen molar-refractivity contribution in [3.8, 4) is 17.2 Å². The first kappa shape index (κ1) is 30.3. The molecule has 1 fully saturated rings. The van der Waals surface area contributed by atoms with Gasteiger partial charge in [0, 0.05) is 21.8 Å². The predicted octanol–water partition coefficient (Wildman–Crippen LogP) is 5.55. The van der Waals surface area contributed by atoms with Gasteiger partial charge in [-0.3, -0.25) is 19.7 Å². The van der Waals surface area contributed by atoms with Gasteiger partial charge in [0.1, 0.15) is 11.3 Å². The first-order valence-electron chi connectivity index (χ1n) is 13.1. The predicted molar refractivity (Wildman–Crippen MR) is 162 cm³/mol. The molecule has 11 heteroatoms. The number of anilines is 2. The van der Waals surface area contributed by atoms with Crippen LogP contribution in [-0.4, -0.2) is 44.1 Å². The molecule has 1 aliphatic rings. The second-order valence-electron chi connectivity index (χ2n) is 9.48. The third-order valence-electron chi connectivity index (χ3n) is 6.26. The zero-order valence-electron chi connectivity index (χ0n) is 23.6. The number of aryl methyl sites for hydroxylation is 2. The SMILES string of the molecule is CCCOc1ccc(N2C(=O)NC(=O)/C(=C/c3cc(Br)ccc3OCC(=O)Nc3ccc(C)cc3C)C2=O)cc1OC. The largest absolute Gasteiger partial charge is 0.493 e. The summed E-state index contributed by atoms with van der Waals surface area (Å²) in [4.78, 5) is 52.5. The average Bonchev–Trinajstić information content (AvgIpc) is 2.95. The number of carbonyl (C=O) groups is 4. The van der Waals surface area contributed by atoms with Crippen LogP contribution in [0.3, 0.4) is 0 Å². The lowest BCUT2D eigenvalue weighted by Gasteiger charge is -2.27. The number of methoxy groups -OCH3 is 1. The summed E-state index contributed by atoms with van der Waals surface area (Å²) in [7, 11) is 1.45. The number of rotatable bonds is 10. The van der Waals surface area contributed by atoms with E-state index in [1.165, 1.54) is 25.3 Å². The van der Waals surface area contributed by atoms with Gasteiger partial charge in [-0.15, -0.1) is 0 Å². The number of hydrogen-bond donors (Lipinski definition) is 2. The Hall–Kier alpha value is -4.64. The van der Waals surface area contributed by atoms with E-state index in [1.54, 1.807) is 24.3 Å². The molecule has 0 unspecified atom stereocenters. The Bertz CT molecular complexity index is 1580. The standard InChI is InChI=1S/C31H30BrN3O7/c1-5-12-41-26-11-8-22(16-27(26)40-4)35-30(38)23(29(37)34-31(35)39)15-20-14-21(32)7-10-25(20)42-17-28(36)33-24-9-6-18(2)13-19(24)3/h6-11,13-16H,5,12,17H2,1-4H3,(H,33,36)(H,34,37,39)/b23-15-. The van der Waals surface area contributed by atoms with Crippen LogP contribution in [0.5, 0.6) is 17.2 Å². The zero-order valence-corrected chi connectivity index (χ0v) is 25.2. The lowest BCUT2D eigenvalue weighted by atomic mass is 10.1. The minimum Gasteiger partial charge on any atom is -0.493 e. The highest BCUT2D eigenvalue weighted by molar-refractivity contribution is 9.10. The fraction of sp³-hybridized carbons (Fsp3) is 0.226. The van der Waals surface area contributed by atoms with Gasteiger partial charge in [0.2, 0.25) is 0 Å². The fourth-order valence-electron chi connectivity index (χ4n) is 4.22. The first-order chi connectivity index (χ1) is 20.1. The highest BCUT2D eigenvalue weighted by Crippen LogP contribution is 2.34. The Balaban J connectivity index is 1.59. The van der Waals surface area contributed by atoms with Crippen molar-refractivity contribution < 1.29 is 33.4 Å². The van der Waals surface area contributed by atoms with Gasteiger partial charge in [-0.05, 0) is 68.3 Å². The van der Waals surface area contributed by atoms with Crippen molar-refractivity contribution >= 4 is 57.1 Å². The average molecular weight is 636 g/mol. The molecule has 2 N–H and O–H groups in total. The van der Waals surface area contributed by atoms with Crippen LogP contribution in [0.25, 0.3) is 6.08 Å². The monoisotopic (exact) mass is 635 g/mol. The molecule has 3 aromatic rings. The van der Waals surface area contributed by atoms with Crippen molar-refractivity contribution in [1.82, 2.24) is 5.32 Å². The van der Waals surface area contributed by atoms with Gasteiger partial charge in [-0.25, -0.2) is 9.69 Å². The number of nitrogens with zero attached hydrogens (tertiary/aromatic N) is 1. The second kappa shape index (κ2) is 13.3. The smallest absolute Gasteiger partial charge is 0.335 e. The molecule has 218 valence electrons. The van der Waals surface area contributed by atoms with Gasteiger partial charge in [-0.2, -0.15) is 0 Å². The first-order valence-corrected chi connectivity index (χ1v) is 13.9. The van der Waals surface area contributed by atoms with Crippen LogP contribution in [0, 0.1) is 13.8 Å². The van der Waals surface area contributed by atoms with E-state index in [0.29, 0.717) is 33.8 Å². The van der Waals surface area contributed by atoms with E-state index >= 15 is 0 Å². The third kappa shape index (κ3) is 6.98. The van der Waals surface area contributed by atoms with Crippen LogP contribution in [0.1, 0.15) is 30.0 Å². The minimum absolute atomic E-state index is 0.186.